The van der Waals surface area contributed by atoms with Crippen LogP contribution in [0, 0.1) is 0 Å². The van der Waals surface area contributed by atoms with E-state index in [0.29, 0.717) is 30.7 Å². The fourth-order valence-corrected chi connectivity index (χ4v) is 4.89. The molecule has 0 amide bonds. The summed E-state index contributed by atoms with van der Waals surface area (Å²) in [6, 6.07) is 2.82. The normalized spacial score (nSPS) is 23.1. The van der Waals surface area contributed by atoms with Crippen molar-refractivity contribution in [2.45, 2.75) is 55.4 Å². The lowest BCUT2D eigenvalue weighted by atomic mass is 9.85. The zero-order chi connectivity index (χ0) is 16.6. The summed E-state index contributed by atoms with van der Waals surface area (Å²) < 4.78 is 33.3. The summed E-state index contributed by atoms with van der Waals surface area (Å²) in [6.45, 7) is 0.461. The maximum absolute atomic E-state index is 13.0. The van der Waals surface area contributed by atoms with E-state index in [0.717, 1.165) is 25.7 Å². The molecule has 0 unspecified atom stereocenters. The van der Waals surface area contributed by atoms with Gasteiger partial charge in [-0.05, 0) is 37.8 Å². The summed E-state index contributed by atoms with van der Waals surface area (Å²) >= 11 is 0. The van der Waals surface area contributed by atoms with E-state index in [-0.39, 0.29) is 10.9 Å². The second-order valence-electron chi connectivity index (χ2n) is 6.42. The highest BCUT2D eigenvalue weighted by Crippen LogP contribution is 2.39. The Morgan fingerprint density at radius 3 is 2.62 bits per heavy atom. The van der Waals surface area contributed by atoms with Gasteiger partial charge in [0.05, 0.1) is 0 Å². The minimum atomic E-state index is -3.62. The number of nitrogens with zero attached hydrogens (tertiary/aromatic N) is 4. The highest BCUT2D eigenvalue weighted by Gasteiger charge is 2.38. The molecular weight excluding hydrogens is 328 g/mol. The first-order valence-electron chi connectivity index (χ1n) is 8.41. The van der Waals surface area contributed by atoms with Crippen LogP contribution in [-0.4, -0.2) is 34.4 Å². The SMILES string of the molecule is O=S(=O)(c1cccnc1)N1CCCC[C@H]1c1nnc(C2CCC2)o1. The van der Waals surface area contributed by atoms with Crippen molar-refractivity contribution in [2.24, 2.45) is 0 Å². The Labute approximate surface area is 141 Å². The van der Waals surface area contributed by atoms with Crippen LogP contribution in [0.2, 0.25) is 0 Å². The van der Waals surface area contributed by atoms with Crippen molar-refractivity contribution in [3.63, 3.8) is 0 Å². The van der Waals surface area contributed by atoms with Crippen LogP contribution in [0.5, 0.6) is 0 Å². The zero-order valence-corrected chi connectivity index (χ0v) is 14.2. The first-order valence-corrected chi connectivity index (χ1v) is 9.85. The van der Waals surface area contributed by atoms with E-state index in [1.54, 1.807) is 18.3 Å². The molecule has 2 aliphatic rings. The van der Waals surface area contributed by atoms with E-state index < -0.39 is 10.0 Å². The number of aromatic nitrogens is 3. The van der Waals surface area contributed by atoms with Gasteiger partial charge >= 0.3 is 0 Å². The topological polar surface area (TPSA) is 89.2 Å². The van der Waals surface area contributed by atoms with Gasteiger partial charge in [0.15, 0.2) is 0 Å². The fourth-order valence-electron chi connectivity index (χ4n) is 3.28. The third-order valence-corrected chi connectivity index (χ3v) is 6.78. The van der Waals surface area contributed by atoms with Gasteiger partial charge in [0.1, 0.15) is 10.9 Å². The van der Waals surface area contributed by atoms with Crippen LogP contribution in [-0.2, 0) is 10.0 Å². The van der Waals surface area contributed by atoms with Crippen LogP contribution in [0.3, 0.4) is 0 Å². The van der Waals surface area contributed by atoms with Gasteiger partial charge < -0.3 is 4.42 Å². The van der Waals surface area contributed by atoms with Crippen molar-refractivity contribution in [3.05, 3.63) is 36.3 Å². The van der Waals surface area contributed by atoms with Crippen molar-refractivity contribution in [1.82, 2.24) is 19.5 Å². The molecule has 1 aliphatic heterocycles. The molecule has 8 heteroatoms. The van der Waals surface area contributed by atoms with Crippen molar-refractivity contribution >= 4 is 10.0 Å². The van der Waals surface area contributed by atoms with Gasteiger partial charge in [-0.15, -0.1) is 10.2 Å². The molecule has 1 saturated heterocycles. The van der Waals surface area contributed by atoms with Gasteiger partial charge in [0, 0.05) is 24.9 Å². The van der Waals surface area contributed by atoms with E-state index in [1.165, 1.54) is 16.9 Å². The standard InChI is InChI=1S/C16H20N4O3S/c21-24(22,13-7-4-9-17-11-13)20-10-2-1-8-14(20)16-19-18-15(23-16)12-5-3-6-12/h4,7,9,11-12,14H,1-3,5-6,8,10H2/t14-/m0/s1. The lowest BCUT2D eigenvalue weighted by Crippen LogP contribution is -2.38. The summed E-state index contributed by atoms with van der Waals surface area (Å²) in [7, 11) is -3.62. The highest BCUT2D eigenvalue weighted by atomic mass is 32.2. The van der Waals surface area contributed by atoms with E-state index in [4.69, 9.17) is 4.42 Å². The van der Waals surface area contributed by atoms with Gasteiger partial charge in [0.25, 0.3) is 0 Å². The first-order chi connectivity index (χ1) is 11.7. The Morgan fingerprint density at radius 2 is 1.92 bits per heavy atom. The highest BCUT2D eigenvalue weighted by molar-refractivity contribution is 7.89. The van der Waals surface area contributed by atoms with Crippen molar-refractivity contribution in [2.75, 3.05) is 6.54 Å². The lowest BCUT2D eigenvalue weighted by molar-refractivity contribution is 0.210. The number of pyridine rings is 1. The van der Waals surface area contributed by atoms with Gasteiger partial charge in [0.2, 0.25) is 21.8 Å². The van der Waals surface area contributed by atoms with Gasteiger partial charge in [-0.2, -0.15) is 4.31 Å². The van der Waals surface area contributed by atoms with Crippen LogP contribution in [0.15, 0.2) is 33.8 Å². The molecule has 0 radical (unpaired) electrons. The smallest absolute Gasteiger partial charge is 0.245 e. The number of hydrogen-bond donors (Lipinski definition) is 0. The molecule has 0 bridgehead atoms. The maximum Gasteiger partial charge on any atom is 0.245 e. The lowest BCUT2D eigenvalue weighted by Gasteiger charge is -2.32. The Balaban J connectivity index is 1.64. The van der Waals surface area contributed by atoms with Gasteiger partial charge in [-0.1, -0.05) is 12.8 Å². The predicted molar refractivity (Wildman–Crippen MR) is 85.6 cm³/mol. The average Bonchev–Trinajstić information content (AvgIpc) is 3.03. The van der Waals surface area contributed by atoms with Crippen LogP contribution in [0.4, 0.5) is 0 Å². The molecule has 2 aromatic rings. The molecule has 1 aliphatic carbocycles. The quantitative estimate of drug-likeness (QED) is 0.844. The molecule has 4 rings (SSSR count). The molecule has 7 nitrogen and oxygen atoms in total. The van der Waals surface area contributed by atoms with Crippen molar-refractivity contribution in [1.29, 1.82) is 0 Å². The average molecular weight is 348 g/mol. The Bertz CT molecular complexity index is 802. The largest absolute Gasteiger partial charge is 0.423 e. The number of rotatable bonds is 4. The third kappa shape index (κ3) is 2.73. The second kappa shape index (κ2) is 6.25. The molecule has 0 spiro atoms. The van der Waals surface area contributed by atoms with E-state index in [9.17, 15) is 8.42 Å². The molecule has 24 heavy (non-hydrogen) atoms. The number of piperidine rings is 1. The van der Waals surface area contributed by atoms with Crippen LogP contribution in [0.1, 0.15) is 62.3 Å². The monoisotopic (exact) mass is 348 g/mol. The van der Waals surface area contributed by atoms with E-state index in [1.807, 2.05) is 0 Å². The van der Waals surface area contributed by atoms with Gasteiger partial charge in [-0.3, -0.25) is 4.98 Å². The maximum atomic E-state index is 13.0. The Morgan fingerprint density at radius 1 is 1.08 bits per heavy atom. The first kappa shape index (κ1) is 15.7. The van der Waals surface area contributed by atoms with Crippen LogP contribution < -0.4 is 0 Å². The summed E-state index contributed by atoms with van der Waals surface area (Å²) in [5.41, 5.74) is 0. The third-order valence-electron chi connectivity index (χ3n) is 4.89. The molecule has 0 aromatic carbocycles. The van der Waals surface area contributed by atoms with Crippen molar-refractivity contribution < 1.29 is 12.8 Å². The molecule has 128 valence electrons. The summed E-state index contributed by atoms with van der Waals surface area (Å²) in [5, 5.41) is 8.31. The van der Waals surface area contributed by atoms with Crippen LogP contribution >= 0.6 is 0 Å². The van der Waals surface area contributed by atoms with Gasteiger partial charge in [-0.25, -0.2) is 8.42 Å². The Kier molecular flexibility index (Phi) is 4.09. The predicted octanol–water partition coefficient (Wildman–Crippen LogP) is 2.65. The summed E-state index contributed by atoms with van der Waals surface area (Å²) in [4.78, 5) is 4.14. The molecule has 2 aromatic heterocycles. The molecular formula is C16H20N4O3S. The number of hydrogen-bond acceptors (Lipinski definition) is 6. The van der Waals surface area contributed by atoms with Crippen molar-refractivity contribution in [3.8, 4) is 0 Å². The molecule has 2 fully saturated rings. The minimum absolute atomic E-state index is 0.204. The second-order valence-corrected chi connectivity index (χ2v) is 8.31. The molecule has 1 atom stereocenters. The summed E-state index contributed by atoms with van der Waals surface area (Å²) in [5.74, 6) is 1.42. The fraction of sp³-hybridized carbons (Fsp3) is 0.562. The summed E-state index contributed by atoms with van der Waals surface area (Å²) in [6.07, 6.45) is 8.77. The zero-order valence-electron chi connectivity index (χ0n) is 13.3. The molecule has 1 saturated carbocycles. The molecule has 0 N–H and O–H groups in total. The Hall–Kier alpha value is -1.80. The van der Waals surface area contributed by atoms with E-state index in [2.05, 4.69) is 15.2 Å². The molecule has 3 heterocycles. The van der Waals surface area contributed by atoms with E-state index >= 15 is 0 Å². The van der Waals surface area contributed by atoms with Crippen LogP contribution in [0.25, 0.3) is 0 Å². The number of sulfonamides is 1. The minimum Gasteiger partial charge on any atom is -0.423 e.